The van der Waals surface area contributed by atoms with Crippen molar-refractivity contribution < 1.29 is 24.2 Å². The van der Waals surface area contributed by atoms with Crippen LogP contribution in [0.1, 0.15) is 26.2 Å². The summed E-state index contributed by atoms with van der Waals surface area (Å²) < 4.78 is 5.06. The van der Waals surface area contributed by atoms with Crippen LogP contribution in [0.2, 0.25) is 0 Å². The number of primary amides is 1. The van der Waals surface area contributed by atoms with Crippen molar-refractivity contribution in [3.05, 3.63) is 0 Å². The number of nitrogens with one attached hydrogen (secondary N) is 1. The van der Waals surface area contributed by atoms with Gasteiger partial charge >= 0.3 is 5.97 Å². The van der Waals surface area contributed by atoms with E-state index in [1.165, 1.54) is 0 Å². The number of hydrogen-bond acceptors (Lipinski definition) is 4. The Morgan fingerprint density at radius 2 is 2.00 bits per heavy atom. The maximum atomic E-state index is 11.6. The van der Waals surface area contributed by atoms with Gasteiger partial charge in [-0.25, -0.2) is 4.79 Å². The second-order valence-electron chi connectivity index (χ2n) is 4.11. The van der Waals surface area contributed by atoms with E-state index in [0.29, 0.717) is 12.8 Å². The standard InChI is InChI=1S/C10H16N2O5/c1-5(4-8(11)13)12-9(14)6-2-3-7(17-6)10(15)16/h5-7H,2-4H2,1H3,(H2,11,13)(H,12,14)(H,15,16). The summed E-state index contributed by atoms with van der Waals surface area (Å²) in [7, 11) is 0. The molecule has 0 aromatic heterocycles. The van der Waals surface area contributed by atoms with Gasteiger partial charge in [0.2, 0.25) is 11.8 Å². The summed E-state index contributed by atoms with van der Waals surface area (Å²) in [6, 6.07) is -0.382. The van der Waals surface area contributed by atoms with Gasteiger partial charge in [0.15, 0.2) is 6.10 Å². The lowest BCUT2D eigenvalue weighted by Crippen LogP contribution is -2.42. The zero-order valence-corrected chi connectivity index (χ0v) is 9.51. The number of carboxylic acid groups (broad SMARTS) is 1. The Labute approximate surface area is 98.3 Å². The first-order valence-electron chi connectivity index (χ1n) is 5.37. The van der Waals surface area contributed by atoms with Crippen molar-refractivity contribution in [1.29, 1.82) is 0 Å². The van der Waals surface area contributed by atoms with Crippen LogP contribution in [0, 0.1) is 0 Å². The second kappa shape index (κ2) is 5.62. The summed E-state index contributed by atoms with van der Waals surface area (Å²) in [4.78, 5) is 32.9. The molecule has 0 spiro atoms. The van der Waals surface area contributed by atoms with Crippen molar-refractivity contribution >= 4 is 17.8 Å². The number of nitrogens with two attached hydrogens (primary N) is 1. The van der Waals surface area contributed by atoms with Gasteiger partial charge in [-0.3, -0.25) is 9.59 Å². The summed E-state index contributed by atoms with van der Waals surface area (Å²) in [5, 5.41) is 11.3. The van der Waals surface area contributed by atoms with Gasteiger partial charge in [-0.1, -0.05) is 0 Å². The van der Waals surface area contributed by atoms with Crippen LogP contribution < -0.4 is 11.1 Å². The van der Waals surface area contributed by atoms with Crippen LogP contribution in [-0.4, -0.2) is 41.1 Å². The Morgan fingerprint density at radius 1 is 1.41 bits per heavy atom. The molecule has 7 heteroatoms. The zero-order chi connectivity index (χ0) is 13.0. The molecule has 7 nitrogen and oxygen atoms in total. The van der Waals surface area contributed by atoms with Gasteiger partial charge in [0, 0.05) is 12.5 Å². The van der Waals surface area contributed by atoms with E-state index in [4.69, 9.17) is 15.6 Å². The number of carbonyl (C=O) groups is 3. The molecule has 1 aliphatic heterocycles. The molecule has 0 bridgehead atoms. The number of carbonyl (C=O) groups excluding carboxylic acids is 2. The van der Waals surface area contributed by atoms with Crippen LogP contribution in [0.5, 0.6) is 0 Å². The Morgan fingerprint density at radius 3 is 2.47 bits per heavy atom. The fourth-order valence-corrected chi connectivity index (χ4v) is 1.70. The molecular weight excluding hydrogens is 228 g/mol. The van der Waals surface area contributed by atoms with Gasteiger partial charge in [-0.2, -0.15) is 0 Å². The summed E-state index contributed by atoms with van der Waals surface area (Å²) >= 11 is 0. The molecular formula is C10H16N2O5. The van der Waals surface area contributed by atoms with Crippen molar-refractivity contribution in [3.8, 4) is 0 Å². The fourth-order valence-electron chi connectivity index (χ4n) is 1.70. The molecule has 0 aromatic rings. The molecule has 2 amide bonds. The first-order valence-corrected chi connectivity index (χ1v) is 5.37. The van der Waals surface area contributed by atoms with Gasteiger partial charge < -0.3 is 20.9 Å². The van der Waals surface area contributed by atoms with Crippen molar-refractivity contribution in [2.75, 3.05) is 0 Å². The molecule has 4 N–H and O–H groups in total. The fraction of sp³-hybridized carbons (Fsp3) is 0.700. The Balaban J connectivity index is 2.39. The van der Waals surface area contributed by atoms with E-state index >= 15 is 0 Å². The largest absolute Gasteiger partial charge is 0.479 e. The summed E-state index contributed by atoms with van der Waals surface area (Å²) in [5.74, 6) is -1.97. The normalized spacial score (nSPS) is 25.2. The van der Waals surface area contributed by atoms with Gasteiger partial charge in [0.05, 0.1) is 0 Å². The SMILES string of the molecule is CC(CC(N)=O)NC(=O)C1CCC(C(=O)O)O1. The van der Waals surface area contributed by atoms with E-state index in [9.17, 15) is 14.4 Å². The molecule has 0 aromatic carbocycles. The Kier molecular flexibility index (Phi) is 4.45. The van der Waals surface area contributed by atoms with Crippen LogP contribution in [0.4, 0.5) is 0 Å². The predicted molar refractivity (Wildman–Crippen MR) is 56.9 cm³/mol. The highest BCUT2D eigenvalue weighted by Gasteiger charge is 2.35. The average Bonchev–Trinajstić information content (AvgIpc) is 2.64. The van der Waals surface area contributed by atoms with Crippen LogP contribution in [0.25, 0.3) is 0 Å². The van der Waals surface area contributed by atoms with Crippen molar-refractivity contribution in [2.24, 2.45) is 5.73 Å². The third kappa shape index (κ3) is 4.03. The van der Waals surface area contributed by atoms with E-state index in [-0.39, 0.29) is 12.5 Å². The lowest BCUT2D eigenvalue weighted by molar-refractivity contribution is -0.151. The maximum Gasteiger partial charge on any atom is 0.332 e. The van der Waals surface area contributed by atoms with E-state index in [0.717, 1.165) is 0 Å². The quantitative estimate of drug-likeness (QED) is 0.573. The molecule has 17 heavy (non-hydrogen) atoms. The smallest absolute Gasteiger partial charge is 0.332 e. The minimum atomic E-state index is -1.06. The average molecular weight is 244 g/mol. The second-order valence-corrected chi connectivity index (χ2v) is 4.11. The predicted octanol–water partition coefficient (Wildman–Crippen LogP) is -1.00. The molecule has 1 fully saturated rings. The van der Waals surface area contributed by atoms with Crippen LogP contribution >= 0.6 is 0 Å². The molecule has 1 heterocycles. The van der Waals surface area contributed by atoms with E-state index in [1.54, 1.807) is 6.92 Å². The Hall–Kier alpha value is -1.63. The molecule has 3 atom stereocenters. The third-order valence-electron chi connectivity index (χ3n) is 2.48. The molecule has 96 valence electrons. The van der Waals surface area contributed by atoms with Crippen LogP contribution in [0.15, 0.2) is 0 Å². The lowest BCUT2D eigenvalue weighted by Gasteiger charge is -2.16. The summed E-state index contributed by atoms with van der Waals surface area (Å²) in [6.07, 6.45) is -0.950. The third-order valence-corrected chi connectivity index (χ3v) is 2.48. The first-order chi connectivity index (χ1) is 7.90. The number of aliphatic carboxylic acids is 1. The monoisotopic (exact) mass is 244 g/mol. The molecule has 0 saturated carbocycles. The lowest BCUT2D eigenvalue weighted by atomic mass is 10.1. The van der Waals surface area contributed by atoms with Crippen molar-refractivity contribution in [2.45, 2.75) is 44.4 Å². The maximum absolute atomic E-state index is 11.6. The van der Waals surface area contributed by atoms with Gasteiger partial charge in [0.25, 0.3) is 0 Å². The minimum absolute atomic E-state index is 0.0425. The van der Waals surface area contributed by atoms with E-state index in [1.807, 2.05) is 0 Å². The number of amides is 2. The zero-order valence-electron chi connectivity index (χ0n) is 9.51. The summed E-state index contributed by atoms with van der Waals surface area (Å²) in [6.45, 7) is 1.65. The van der Waals surface area contributed by atoms with Gasteiger partial charge in [-0.15, -0.1) is 0 Å². The summed E-state index contributed by atoms with van der Waals surface area (Å²) in [5.41, 5.74) is 4.99. The minimum Gasteiger partial charge on any atom is -0.479 e. The first kappa shape index (κ1) is 13.4. The molecule has 3 unspecified atom stereocenters. The number of carboxylic acids is 1. The highest BCUT2D eigenvalue weighted by atomic mass is 16.5. The molecule has 1 rings (SSSR count). The molecule has 0 aliphatic carbocycles. The van der Waals surface area contributed by atoms with Crippen molar-refractivity contribution in [3.63, 3.8) is 0 Å². The molecule has 1 saturated heterocycles. The number of ether oxygens (including phenoxy) is 1. The number of rotatable bonds is 5. The number of hydrogen-bond donors (Lipinski definition) is 3. The van der Waals surface area contributed by atoms with Gasteiger partial charge in [0.1, 0.15) is 6.10 Å². The van der Waals surface area contributed by atoms with E-state index < -0.39 is 30.0 Å². The highest BCUT2D eigenvalue weighted by molar-refractivity contribution is 5.83. The Bertz CT molecular complexity index is 331. The topological polar surface area (TPSA) is 119 Å². The van der Waals surface area contributed by atoms with Gasteiger partial charge in [-0.05, 0) is 19.8 Å². The van der Waals surface area contributed by atoms with Crippen LogP contribution in [-0.2, 0) is 19.1 Å². The molecule has 1 aliphatic rings. The molecule has 0 radical (unpaired) electrons. The van der Waals surface area contributed by atoms with Crippen molar-refractivity contribution in [1.82, 2.24) is 5.32 Å². The van der Waals surface area contributed by atoms with E-state index in [2.05, 4.69) is 5.32 Å². The highest BCUT2D eigenvalue weighted by Crippen LogP contribution is 2.20. The van der Waals surface area contributed by atoms with Crippen LogP contribution in [0.3, 0.4) is 0 Å².